The zero-order chi connectivity index (χ0) is 22.7. The van der Waals surface area contributed by atoms with E-state index in [0.717, 1.165) is 16.5 Å². The average molecular weight is 495 g/mol. The number of urea groups is 1. The number of amides is 4. The van der Waals surface area contributed by atoms with Crippen molar-refractivity contribution in [2.75, 3.05) is 4.90 Å². The van der Waals surface area contributed by atoms with Gasteiger partial charge >= 0.3 is 6.03 Å². The molecule has 0 bridgehead atoms. The van der Waals surface area contributed by atoms with E-state index in [1.165, 1.54) is 24.3 Å². The van der Waals surface area contributed by atoms with Crippen molar-refractivity contribution >= 4 is 45.5 Å². The molecule has 0 unspecified atom stereocenters. The molecule has 4 amide bonds. The average Bonchev–Trinajstić information content (AvgIpc) is 2.77. The molecular weight excluding hydrogens is 479 g/mol. The molecule has 3 aromatic carbocycles. The summed E-state index contributed by atoms with van der Waals surface area (Å²) in [4.78, 5) is 38.1. The standard InChI is InChI=1S/C24H16BrFN2O4/c25-20-12-16(9-10-21(20)32-14-15-5-2-1-3-6-15)11-19-22(29)27-24(31)28(23(19)30)18-8-4-7-17(26)13-18/h1-13H,14H2,(H,27,29,31)/b19-11+. The van der Waals surface area contributed by atoms with E-state index >= 15 is 0 Å². The summed E-state index contributed by atoms with van der Waals surface area (Å²) in [6.07, 6.45) is 1.36. The number of barbiturate groups is 1. The van der Waals surface area contributed by atoms with Gasteiger partial charge in [0.15, 0.2) is 0 Å². The highest BCUT2D eigenvalue weighted by Crippen LogP contribution is 2.29. The lowest BCUT2D eigenvalue weighted by Gasteiger charge is -2.26. The lowest BCUT2D eigenvalue weighted by molar-refractivity contribution is -0.122. The fourth-order valence-corrected chi connectivity index (χ4v) is 3.64. The molecule has 3 aromatic rings. The van der Waals surface area contributed by atoms with Crippen LogP contribution in [-0.2, 0) is 16.2 Å². The second kappa shape index (κ2) is 9.15. The molecule has 0 aliphatic carbocycles. The van der Waals surface area contributed by atoms with Gasteiger partial charge in [-0.2, -0.15) is 0 Å². The van der Waals surface area contributed by atoms with Crippen molar-refractivity contribution in [3.8, 4) is 5.75 Å². The third kappa shape index (κ3) is 4.60. The minimum Gasteiger partial charge on any atom is -0.488 e. The van der Waals surface area contributed by atoms with E-state index in [9.17, 15) is 18.8 Å². The Morgan fingerprint density at radius 1 is 0.969 bits per heavy atom. The second-order valence-corrected chi connectivity index (χ2v) is 7.76. The van der Waals surface area contributed by atoms with Gasteiger partial charge in [0, 0.05) is 0 Å². The Kier molecular flexibility index (Phi) is 6.13. The largest absolute Gasteiger partial charge is 0.488 e. The highest BCUT2D eigenvalue weighted by molar-refractivity contribution is 9.10. The number of nitrogens with zero attached hydrogens (tertiary/aromatic N) is 1. The van der Waals surface area contributed by atoms with Crippen LogP contribution in [0, 0.1) is 5.82 Å². The van der Waals surface area contributed by atoms with E-state index < -0.39 is 23.7 Å². The number of carbonyl (C=O) groups is 3. The van der Waals surface area contributed by atoms with Crippen molar-refractivity contribution in [2.24, 2.45) is 0 Å². The van der Waals surface area contributed by atoms with Gasteiger partial charge in [-0.3, -0.25) is 14.9 Å². The molecule has 0 saturated carbocycles. The van der Waals surface area contributed by atoms with Crippen LogP contribution in [0.1, 0.15) is 11.1 Å². The van der Waals surface area contributed by atoms with E-state index in [4.69, 9.17) is 4.74 Å². The topological polar surface area (TPSA) is 75.7 Å². The normalized spacial score (nSPS) is 15.1. The fraction of sp³-hybridized carbons (Fsp3) is 0.0417. The predicted octanol–water partition coefficient (Wildman–Crippen LogP) is 4.83. The molecule has 0 radical (unpaired) electrons. The Balaban J connectivity index is 1.57. The number of hydrogen-bond donors (Lipinski definition) is 1. The van der Waals surface area contributed by atoms with Crippen molar-refractivity contribution in [2.45, 2.75) is 6.61 Å². The zero-order valence-corrected chi connectivity index (χ0v) is 18.1. The number of nitrogens with one attached hydrogen (secondary N) is 1. The summed E-state index contributed by atoms with van der Waals surface area (Å²) < 4.78 is 20.0. The first-order valence-electron chi connectivity index (χ1n) is 9.55. The number of anilines is 1. The van der Waals surface area contributed by atoms with E-state index in [-0.39, 0.29) is 11.3 Å². The van der Waals surface area contributed by atoms with Crippen molar-refractivity contribution in [1.82, 2.24) is 5.32 Å². The maximum absolute atomic E-state index is 13.6. The van der Waals surface area contributed by atoms with Gasteiger partial charge in [-0.05, 0) is 63.5 Å². The van der Waals surface area contributed by atoms with Crippen molar-refractivity contribution in [3.63, 3.8) is 0 Å². The number of hydrogen-bond acceptors (Lipinski definition) is 4. The summed E-state index contributed by atoms with van der Waals surface area (Å²) in [6.45, 7) is 0.380. The number of halogens is 2. The molecule has 1 heterocycles. The van der Waals surface area contributed by atoms with Gasteiger partial charge in [-0.25, -0.2) is 14.1 Å². The monoisotopic (exact) mass is 494 g/mol. The Bertz CT molecular complexity index is 1240. The van der Waals surface area contributed by atoms with Crippen molar-refractivity contribution < 1.29 is 23.5 Å². The van der Waals surface area contributed by atoms with Gasteiger partial charge in [0.05, 0.1) is 10.2 Å². The lowest BCUT2D eigenvalue weighted by atomic mass is 10.1. The zero-order valence-electron chi connectivity index (χ0n) is 16.5. The van der Waals surface area contributed by atoms with Crippen LogP contribution in [0.15, 0.2) is 82.8 Å². The highest BCUT2D eigenvalue weighted by Gasteiger charge is 2.36. The molecule has 0 spiro atoms. The molecule has 0 aromatic heterocycles. The Labute approximate surface area is 191 Å². The first-order valence-corrected chi connectivity index (χ1v) is 10.3. The molecule has 4 rings (SSSR count). The van der Waals surface area contributed by atoms with Crippen LogP contribution in [0.5, 0.6) is 5.75 Å². The van der Waals surface area contributed by atoms with E-state index in [0.29, 0.717) is 22.4 Å². The predicted molar refractivity (Wildman–Crippen MR) is 120 cm³/mol. The number of benzene rings is 3. The van der Waals surface area contributed by atoms with Crippen LogP contribution in [0.4, 0.5) is 14.9 Å². The molecule has 32 heavy (non-hydrogen) atoms. The third-order valence-corrected chi connectivity index (χ3v) is 5.29. The molecule has 1 saturated heterocycles. The molecule has 1 N–H and O–H groups in total. The number of carbonyl (C=O) groups excluding carboxylic acids is 3. The molecule has 1 aliphatic rings. The van der Waals surface area contributed by atoms with Crippen LogP contribution >= 0.6 is 15.9 Å². The summed E-state index contributed by atoms with van der Waals surface area (Å²) in [5, 5.41) is 2.11. The molecule has 8 heteroatoms. The summed E-state index contributed by atoms with van der Waals surface area (Å²) >= 11 is 3.44. The van der Waals surface area contributed by atoms with Gasteiger partial charge in [-0.15, -0.1) is 0 Å². The molecular formula is C24H16BrFN2O4. The molecule has 1 aliphatic heterocycles. The van der Waals surface area contributed by atoms with Crippen LogP contribution in [0.25, 0.3) is 6.08 Å². The van der Waals surface area contributed by atoms with Crippen molar-refractivity contribution in [3.05, 3.63) is 99.8 Å². The summed E-state index contributed by atoms with van der Waals surface area (Å²) in [5.74, 6) is -1.69. The molecule has 160 valence electrons. The Morgan fingerprint density at radius 2 is 1.75 bits per heavy atom. The molecule has 0 atom stereocenters. The van der Waals surface area contributed by atoms with Gasteiger partial charge in [0.1, 0.15) is 23.7 Å². The van der Waals surface area contributed by atoms with Crippen LogP contribution in [0.2, 0.25) is 0 Å². The minimum absolute atomic E-state index is 0.0248. The summed E-state index contributed by atoms with van der Waals surface area (Å²) in [6, 6.07) is 18.8. The van der Waals surface area contributed by atoms with Gasteiger partial charge < -0.3 is 4.74 Å². The van der Waals surface area contributed by atoms with Crippen LogP contribution in [-0.4, -0.2) is 17.8 Å². The van der Waals surface area contributed by atoms with Gasteiger partial charge in [-0.1, -0.05) is 42.5 Å². The maximum atomic E-state index is 13.6. The quantitative estimate of drug-likeness (QED) is 0.407. The Morgan fingerprint density at radius 3 is 2.47 bits per heavy atom. The lowest BCUT2D eigenvalue weighted by Crippen LogP contribution is -2.54. The number of rotatable bonds is 5. The van der Waals surface area contributed by atoms with Crippen LogP contribution < -0.4 is 15.0 Å². The first-order chi connectivity index (χ1) is 15.4. The van der Waals surface area contributed by atoms with E-state index in [1.54, 1.807) is 18.2 Å². The summed E-state index contributed by atoms with van der Waals surface area (Å²) in [7, 11) is 0. The number of imide groups is 2. The molecule has 1 fully saturated rings. The Hall–Kier alpha value is -3.78. The van der Waals surface area contributed by atoms with E-state index in [2.05, 4.69) is 21.2 Å². The summed E-state index contributed by atoms with van der Waals surface area (Å²) in [5.41, 5.74) is 1.32. The van der Waals surface area contributed by atoms with Crippen molar-refractivity contribution in [1.29, 1.82) is 0 Å². The molecule has 6 nitrogen and oxygen atoms in total. The maximum Gasteiger partial charge on any atom is 0.335 e. The van der Waals surface area contributed by atoms with Crippen LogP contribution in [0.3, 0.4) is 0 Å². The van der Waals surface area contributed by atoms with Gasteiger partial charge in [0.25, 0.3) is 11.8 Å². The highest BCUT2D eigenvalue weighted by atomic mass is 79.9. The van der Waals surface area contributed by atoms with E-state index in [1.807, 2.05) is 30.3 Å². The first kappa shape index (κ1) is 21.5. The number of ether oxygens (including phenoxy) is 1. The smallest absolute Gasteiger partial charge is 0.335 e. The minimum atomic E-state index is -0.936. The van der Waals surface area contributed by atoms with Gasteiger partial charge in [0.2, 0.25) is 0 Å². The second-order valence-electron chi connectivity index (χ2n) is 6.90. The fourth-order valence-electron chi connectivity index (χ4n) is 3.13. The third-order valence-electron chi connectivity index (χ3n) is 4.67. The SMILES string of the molecule is O=C1NC(=O)N(c2cccc(F)c2)C(=O)/C1=C/c1ccc(OCc2ccccc2)c(Br)c1.